The molecular weight excluding hydrogens is 360 g/mol. The summed E-state index contributed by atoms with van der Waals surface area (Å²) in [7, 11) is 0. The van der Waals surface area contributed by atoms with Crippen molar-refractivity contribution in [1.82, 2.24) is 0 Å². The molecule has 0 fully saturated rings. The molecule has 1 aromatic carbocycles. The number of aliphatic imine (C=N–C) groups is 2. The first-order chi connectivity index (χ1) is 12.0. The first kappa shape index (κ1) is 19.7. The summed E-state index contributed by atoms with van der Waals surface area (Å²) < 4.78 is 77.7. The van der Waals surface area contributed by atoms with Gasteiger partial charge in [-0.05, 0) is 30.7 Å². The van der Waals surface area contributed by atoms with Crippen molar-refractivity contribution < 1.29 is 26.3 Å². The first-order valence-electron chi connectivity index (χ1n) is 7.48. The van der Waals surface area contributed by atoms with Crippen molar-refractivity contribution in [2.45, 2.75) is 18.8 Å². The molecule has 140 valence electrons. The van der Waals surface area contributed by atoms with E-state index in [0.29, 0.717) is 24.3 Å². The maximum absolute atomic E-state index is 12.9. The molecule has 1 aromatic rings. The number of allylic oxidation sites excluding steroid dienone is 2. The van der Waals surface area contributed by atoms with Gasteiger partial charge in [0.1, 0.15) is 0 Å². The highest BCUT2D eigenvalue weighted by Gasteiger charge is 2.37. The highest BCUT2D eigenvalue weighted by Crippen LogP contribution is 2.36. The third-order valence-corrected chi connectivity index (χ3v) is 3.52. The predicted molar refractivity (Wildman–Crippen MR) is 86.9 cm³/mol. The van der Waals surface area contributed by atoms with Crippen molar-refractivity contribution >= 4 is 12.1 Å². The third-order valence-electron chi connectivity index (χ3n) is 3.52. The molecule has 1 aliphatic rings. The minimum absolute atomic E-state index is 0.0723. The summed E-state index contributed by atoms with van der Waals surface area (Å²) in [5.41, 5.74) is 2.59. The maximum atomic E-state index is 12.9. The minimum Gasteiger partial charge on any atom is -0.399 e. The van der Waals surface area contributed by atoms with E-state index in [0.717, 1.165) is 0 Å². The molecule has 26 heavy (non-hydrogen) atoms. The Labute approximate surface area is 145 Å². The van der Waals surface area contributed by atoms with E-state index >= 15 is 0 Å². The Hall–Kier alpha value is -2.58. The van der Waals surface area contributed by atoms with Gasteiger partial charge in [0, 0.05) is 29.9 Å². The maximum Gasteiger partial charge on any atom is 0.416 e. The predicted octanol–water partition coefficient (Wildman–Crippen LogP) is 4.59. The SMILES string of the molecule is C=C(N)/C=C\C1C=NC(c2cc(C(F)(F)F)cc(C(F)(F)F)c2)=NCC1. The number of hydrogen-bond acceptors (Lipinski definition) is 3. The number of alkyl halides is 6. The molecule has 0 bridgehead atoms. The van der Waals surface area contributed by atoms with Crippen LogP contribution in [0.4, 0.5) is 26.3 Å². The quantitative estimate of drug-likeness (QED) is 0.610. The van der Waals surface area contributed by atoms with Crippen molar-refractivity contribution in [3.8, 4) is 0 Å². The van der Waals surface area contributed by atoms with E-state index in [-0.39, 0.29) is 29.9 Å². The molecule has 2 rings (SSSR count). The first-order valence-corrected chi connectivity index (χ1v) is 7.48. The second kappa shape index (κ2) is 7.35. The van der Waals surface area contributed by atoms with Crippen molar-refractivity contribution in [2.24, 2.45) is 21.6 Å². The molecule has 0 saturated carbocycles. The summed E-state index contributed by atoms with van der Waals surface area (Å²) >= 11 is 0. The van der Waals surface area contributed by atoms with Crippen LogP contribution < -0.4 is 5.73 Å². The number of nitrogens with zero attached hydrogens (tertiary/aromatic N) is 2. The Morgan fingerprint density at radius 3 is 2.15 bits per heavy atom. The van der Waals surface area contributed by atoms with Crippen LogP contribution in [0.5, 0.6) is 0 Å². The molecule has 2 N–H and O–H groups in total. The van der Waals surface area contributed by atoms with Gasteiger partial charge in [0.15, 0.2) is 5.84 Å². The second-order valence-corrected chi connectivity index (χ2v) is 5.66. The molecule has 1 aliphatic heterocycles. The van der Waals surface area contributed by atoms with E-state index in [1.54, 1.807) is 12.2 Å². The molecule has 3 nitrogen and oxygen atoms in total. The molecule has 0 saturated heterocycles. The summed E-state index contributed by atoms with van der Waals surface area (Å²) in [5, 5.41) is 0. The molecule has 0 aliphatic carbocycles. The molecule has 1 heterocycles. The van der Waals surface area contributed by atoms with Crippen LogP contribution in [-0.4, -0.2) is 18.6 Å². The molecule has 0 aromatic heterocycles. The van der Waals surface area contributed by atoms with E-state index in [2.05, 4.69) is 16.6 Å². The Kier molecular flexibility index (Phi) is 5.58. The zero-order valence-corrected chi connectivity index (χ0v) is 13.4. The fourth-order valence-corrected chi connectivity index (χ4v) is 2.24. The van der Waals surface area contributed by atoms with Gasteiger partial charge < -0.3 is 5.73 Å². The number of hydrogen-bond donors (Lipinski definition) is 1. The van der Waals surface area contributed by atoms with Crippen LogP contribution in [0.15, 0.2) is 52.6 Å². The highest BCUT2D eigenvalue weighted by molar-refractivity contribution is 6.04. The van der Waals surface area contributed by atoms with Gasteiger partial charge in [0.05, 0.1) is 11.1 Å². The molecule has 0 amide bonds. The zero-order valence-electron chi connectivity index (χ0n) is 13.4. The van der Waals surface area contributed by atoms with Crippen LogP contribution in [0.2, 0.25) is 0 Å². The fourth-order valence-electron chi connectivity index (χ4n) is 2.24. The number of halogens is 6. The monoisotopic (exact) mass is 375 g/mol. The van der Waals surface area contributed by atoms with Gasteiger partial charge in [-0.25, -0.2) is 4.99 Å². The number of rotatable bonds is 3. The van der Waals surface area contributed by atoms with Gasteiger partial charge in [-0.15, -0.1) is 0 Å². The van der Waals surface area contributed by atoms with Crippen molar-refractivity contribution in [3.63, 3.8) is 0 Å². The van der Waals surface area contributed by atoms with Crippen LogP contribution in [0.25, 0.3) is 0 Å². The van der Waals surface area contributed by atoms with E-state index in [4.69, 9.17) is 5.73 Å². The van der Waals surface area contributed by atoms with Crippen LogP contribution >= 0.6 is 0 Å². The van der Waals surface area contributed by atoms with Crippen molar-refractivity contribution in [2.75, 3.05) is 6.54 Å². The Morgan fingerprint density at radius 2 is 1.65 bits per heavy atom. The lowest BCUT2D eigenvalue weighted by Gasteiger charge is -2.14. The number of nitrogens with two attached hydrogens (primary N) is 1. The minimum atomic E-state index is -4.92. The third kappa shape index (κ3) is 5.21. The van der Waals surface area contributed by atoms with Gasteiger partial charge >= 0.3 is 12.4 Å². The van der Waals surface area contributed by atoms with Gasteiger partial charge in [0.25, 0.3) is 0 Å². The fraction of sp³-hybridized carbons (Fsp3) is 0.294. The largest absolute Gasteiger partial charge is 0.416 e. The summed E-state index contributed by atoms with van der Waals surface area (Å²) in [6.07, 6.45) is -4.69. The van der Waals surface area contributed by atoms with E-state index in [1.165, 1.54) is 6.21 Å². The lowest BCUT2D eigenvalue weighted by molar-refractivity contribution is -0.143. The zero-order chi connectivity index (χ0) is 19.5. The Bertz CT molecular complexity index is 739. The summed E-state index contributed by atoms with van der Waals surface area (Å²) in [6.45, 7) is 3.69. The van der Waals surface area contributed by atoms with Crippen LogP contribution in [0.3, 0.4) is 0 Å². The molecule has 0 spiro atoms. The highest BCUT2D eigenvalue weighted by atomic mass is 19.4. The van der Waals surface area contributed by atoms with Gasteiger partial charge in [-0.2, -0.15) is 26.3 Å². The van der Waals surface area contributed by atoms with Crippen LogP contribution in [0, 0.1) is 5.92 Å². The van der Waals surface area contributed by atoms with E-state index in [9.17, 15) is 26.3 Å². The van der Waals surface area contributed by atoms with Crippen molar-refractivity contribution in [3.05, 3.63) is 59.3 Å². The second-order valence-electron chi connectivity index (χ2n) is 5.66. The standard InChI is InChI=1S/C17H15F6N3/c1-10(24)2-3-11-4-5-25-15(26-9-11)12-6-13(16(18,19)20)8-14(7-12)17(21,22)23/h2-3,6-9,11H,1,4-5,24H2/b3-2-. The molecule has 0 radical (unpaired) electrons. The smallest absolute Gasteiger partial charge is 0.399 e. The van der Waals surface area contributed by atoms with Gasteiger partial charge in [0.2, 0.25) is 0 Å². The normalized spacial score (nSPS) is 18.7. The number of amidine groups is 1. The molecule has 1 atom stereocenters. The van der Waals surface area contributed by atoms with Crippen LogP contribution in [-0.2, 0) is 12.4 Å². The lowest BCUT2D eigenvalue weighted by Crippen LogP contribution is -2.13. The average Bonchev–Trinajstić information content (AvgIpc) is 2.76. The molecular formula is C17H15F6N3. The van der Waals surface area contributed by atoms with E-state index < -0.39 is 23.5 Å². The number of benzene rings is 1. The van der Waals surface area contributed by atoms with Gasteiger partial charge in [-0.3, -0.25) is 4.99 Å². The summed E-state index contributed by atoms with van der Waals surface area (Å²) in [5.74, 6) is -0.381. The molecule has 9 heteroatoms. The molecule has 1 unspecified atom stereocenters. The summed E-state index contributed by atoms with van der Waals surface area (Å²) in [4.78, 5) is 7.98. The van der Waals surface area contributed by atoms with E-state index in [1.807, 2.05) is 0 Å². The van der Waals surface area contributed by atoms with Gasteiger partial charge in [-0.1, -0.05) is 12.7 Å². The van der Waals surface area contributed by atoms with Crippen molar-refractivity contribution in [1.29, 1.82) is 0 Å². The average molecular weight is 375 g/mol. The lowest BCUT2D eigenvalue weighted by atomic mass is 10.0. The van der Waals surface area contributed by atoms with Crippen LogP contribution in [0.1, 0.15) is 23.1 Å². The topological polar surface area (TPSA) is 50.7 Å². The summed E-state index contributed by atoms with van der Waals surface area (Å²) in [6, 6.07) is 1.30. The Morgan fingerprint density at radius 1 is 1.08 bits per heavy atom. The Balaban J connectivity index is 2.42.